The third kappa shape index (κ3) is 4.00. The minimum atomic E-state index is -0.303. The van der Waals surface area contributed by atoms with Crippen LogP contribution in [0.15, 0.2) is 30.5 Å². The van der Waals surface area contributed by atoms with Crippen molar-refractivity contribution in [2.24, 2.45) is 0 Å². The zero-order chi connectivity index (χ0) is 24.9. The van der Waals surface area contributed by atoms with Crippen LogP contribution in [-0.4, -0.2) is 75.8 Å². The Morgan fingerprint density at radius 1 is 1.22 bits per heavy atom. The summed E-state index contributed by atoms with van der Waals surface area (Å²) in [5.74, 6) is -0.0928. The molecule has 36 heavy (non-hydrogen) atoms. The number of carbonyl (C=O) groups is 2. The number of hydrogen-bond acceptors (Lipinski definition) is 5. The van der Waals surface area contributed by atoms with Gasteiger partial charge < -0.3 is 15.1 Å². The highest BCUT2D eigenvalue weighted by Crippen LogP contribution is 2.38. The van der Waals surface area contributed by atoms with Gasteiger partial charge in [-0.05, 0) is 62.4 Å². The van der Waals surface area contributed by atoms with E-state index in [0.29, 0.717) is 35.5 Å². The molecule has 7 nitrogen and oxygen atoms in total. The SMILES string of the molecule is CC(=O)N1CCCCC12CN(Cc1ccnc(-c3ccc4c(c3)CN(C3CCCNC3)C4=O)c1F)C2. The normalized spacial score (nSPS) is 23.6. The number of fused-ring (bicyclic) bond motifs is 1. The predicted octanol–water partition coefficient (Wildman–Crippen LogP) is 3.18. The Labute approximate surface area is 211 Å². The van der Waals surface area contributed by atoms with E-state index in [-0.39, 0.29) is 29.2 Å². The summed E-state index contributed by atoms with van der Waals surface area (Å²) in [7, 11) is 0. The van der Waals surface area contributed by atoms with Crippen molar-refractivity contribution >= 4 is 11.8 Å². The van der Waals surface area contributed by atoms with E-state index in [1.807, 2.05) is 28.0 Å². The van der Waals surface area contributed by atoms with Crippen LogP contribution in [0.4, 0.5) is 4.39 Å². The molecule has 1 aromatic heterocycles. The van der Waals surface area contributed by atoms with Gasteiger partial charge in [-0.2, -0.15) is 0 Å². The number of aromatic nitrogens is 1. The molecule has 3 saturated heterocycles. The fourth-order valence-corrected chi connectivity index (χ4v) is 6.75. The molecule has 2 aromatic rings. The molecule has 1 unspecified atom stereocenters. The number of halogens is 1. The number of amides is 2. The number of hydrogen-bond donors (Lipinski definition) is 1. The van der Waals surface area contributed by atoms with Gasteiger partial charge in [-0.25, -0.2) is 4.39 Å². The molecule has 0 saturated carbocycles. The van der Waals surface area contributed by atoms with Crippen LogP contribution in [0.5, 0.6) is 0 Å². The number of benzene rings is 1. The minimum absolute atomic E-state index is 0.0708. The quantitative estimate of drug-likeness (QED) is 0.712. The van der Waals surface area contributed by atoms with E-state index in [2.05, 4.69) is 15.2 Å². The minimum Gasteiger partial charge on any atom is -0.335 e. The molecule has 4 aliphatic heterocycles. The van der Waals surface area contributed by atoms with Crippen LogP contribution in [0.25, 0.3) is 11.3 Å². The van der Waals surface area contributed by atoms with Gasteiger partial charge in [0.2, 0.25) is 5.91 Å². The lowest BCUT2D eigenvalue weighted by molar-refractivity contribution is -0.149. The summed E-state index contributed by atoms with van der Waals surface area (Å²) < 4.78 is 15.7. The maximum absolute atomic E-state index is 15.7. The molecule has 0 aliphatic carbocycles. The molecule has 190 valence electrons. The van der Waals surface area contributed by atoms with Gasteiger partial charge in [0, 0.05) is 75.1 Å². The first kappa shape index (κ1) is 23.6. The van der Waals surface area contributed by atoms with Crippen molar-refractivity contribution < 1.29 is 14.0 Å². The highest BCUT2D eigenvalue weighted by molar-refractivity contribution is 5.99. The van der Waals surface area contributed by atoms with Gasteiger partial charge >= 0.3 is 0 Å². The molecule has 6 rings (SSSR count). The Bertz CT molecular complexity index is 1190. The van der Waals surface area contributed by atoms with Crippen molar-refractivity contribution in [3.63, 3.8) is 0 Å². The molecule has 1 atom stereocenters. The smallest absolute Gasteiger partial charge is 0.254 e. The van der Waals surface area contributed by atoms with E-state index in [4.69, 9.17) is 0 Å². The zero-order valence-electron chi connectivity index (χ0n) is 20.9. The third-order valence-electron chi connectivity index (χ3n) is 8.55. The second kappa shape index (κ2) is 9.23. The number of nitrogens with zero attached hydrogens (tertiary/aromatic N) is 4. The summed E-state index contributed by atoms with van der Waals surface area (Å²) in [5.41, 5.74) is 3.24. The van der Waals surface area contributed by atoms with E-state index >= 15 is 4.39 Å². The monoisotopic (exact) mass is 491 g/mol. The standard InChI is InChI=1S/C28H34FN5O2/c1-19(35)34-12-3-2-9-28(34)17-32(18-28)15-21-8-11-31-26(25(21)29)20-6-7-24-22(13-20)16-33(27(24)36)23-5-4-10-30-14-23/h6-8,11,13,23,30H,2-5,9-10,12,14-18H2,1H3. The van der Waals surface area contributed by atoms with Crippen molar-refractivity contribution in [2.45, 2.75) is 63.7 Å². The third-order valence-corrected chi connectivity index (χ3v) is 8.55. The molecule has 0 bridgehead atoms. The summed E-state index contributed by atoms with van der Waals surface area (Å²) in [6.07, 6.45) is 6.98. The molecule has 1 spiro atoms. The van der Waals surface area contributed by atoms with E-state index in [9.17, 15) is 9.59 Å². The highest BCUT2D eigenvalue weighted by Gasteiger charge is 2.49. The van der Waals surface area contributed by atoms with E-state index in [1.54, 1.807) is 19.2 Å². The molecule has 4 aliphatic rings. The van der Waals surface area contributed by atoms with Crippen LogP contribution in [0.2, 0.25) is 0 Å². The average Bonchev–Trinajstić information content (AvgIpc) is 3.20. The van der Waals surface area contributed by atoms with Crippen LogP contribution >= 0.6 is 0 Å². The fraction of sp³-hybridized carbons (Fsp3) is 0.536. The van der Waals surface area contributed by atoms with Crippen molar-refractivity contribution in [1.29, 1.82) is 0 Å². The Kier molecular flexibility index (Phi) is 6.04. The lowest BCUT2D eigenvalue weighted by Gasteiger charge is -2.58. The van der Waals surface area contributed by atoms with E-state index in [0.717, 1.165) is 70.4 Å². The van der Waals surface area contributed by atoms with Crippen LogP contribution in [0.3, 0.4) is 0 Å². The Balaban J connectivity index is 1.18. The summed E-state index contributed by atoms with van der Waals surface area (Å²) in [6, 6.07) is 7.55. The predicted molar refractivity (Wildman–Crippen MR) is 135 cm³/mol. The molecule has 1 N–H and O–H groups in total. The molecule has 3 fully saturated rings. The van der Waals surface area contributed by atoms with Gasteiger partial charge in [0.05, 0.1) is 5.54 Å². The van der Waals surface area contributed by atoms with Gasteiger partial charge in [0.1, 0.15) is 5.69 Å². The Morgan fingerprint density at radius 3 is 2.86 bits per heavy atom. The summed E-state index contributed by atoms with van der Waals surface area (Å²) >= 11 is 0. The van der Waals surface area contributed by atoms with E-state index < -0.39 is 0 Å². The van der Waals surface area contributed by atoms with E-state index in [1.165, 1.54) is 0 Å². The second-order valence-electron chi connectivity index (χ2n) is 10.9. The van der Waals surface area contributed by atoms with Crippen molar-refractivity contribution in [3.05, 3.63) is 53.0 Å². The molecule has 5 heterocycles. The first-order chi connectivity index (χ1) is 17.4. The highest BCUT2D eigenvalue weighted by atomic mass is 19.1. The Hall–Kier alpha value is -2.84. The molecule has 1 aromatic carbocycles. The molecule has 0 radical (unpaired) electrons. The number of rotatable bonds is 4. The maximum atomic E-state index is 15.7. The molecular formula is C28H34FN5O2. The van der Waals surface area contributed by atoms with Gasteiger partial charge in [0.15, 0.2) is 5.82 Å². The fourth-order valence-electron chi connectivity index (χ4n) is 6.75. The average molecular weight is 492 g/mol. The van der Waals surface area contributed by atoms with Crippen molar-refractivity contribution in [1.82, 2.24) is 25.0 Å². The van der Waals surface area contributed by atoms with Gasteiger partial charge in [-0.15, -0.1) is 0 Å². The molecule has 2 amide bonds. The molecule has 8 heteroatoms. The van der Waals surface area contributed by atoms with Crippen LogP contribution in [-0.2, 0) is 17.9 Å². The maximum Gasteiger partial charge on any atom is 0.254 e. The number of likely N-dealkylation sites (tertiary alicyclic amines) is 2. The first-order valence-corrected chi connectivity index (χ1v) is 13.2. The van der Waals surface area contributed by atoms with Gasteiger partial charge in [0.25, 0.3) is 5.91 Å². The zero-order valence-corrected chi connectivity index (χ0v) is 20.9. The first-order valence-electron chi connectivity index (χ1n) is 13.2. The number of carbonyl (C=O) groups excluding carboxylic acids is 2. The summed E-state index contributed by atoms with van der Waals surface area (Å²) in [4.78, 5) is 35.7. The summed E-state index contributed by atoms with van der Waals surface area (Å²) in [5, 5.41) is 3.39. The van der Waals surface area contributed by atoms with Crippen LogP contribution < -0.4 is 5.32 Å². The lowest BCUT2D eigenvalue weighted by Crippen LogP contribution is -2.71. The van der Waals surface area contributed by atoms with Crippen molar-refractivity contribution in [3.8, 4) is 11.3 Å². The lowest BCUT2D eigenvalue weighted by atomic mass is 9.79. The van der Waals surface area contributed by atoms with Crippen molar-refractivity contribution in [2.75, 3.05) is 32.7 Å². The summed E-state index contributed by atoms with van der Waals surface area (Å²) in [6.45, 7) is 6.95. The largest absolute Gasteiger partial charge is 0.335 e. The number of nitrogens with one attached hydrogen (secondary N) is 1. The van der Waals surface area contributed by atoms with Gasteiger partial charge in [-0.3, -0.25) is 19.5 Å². The van der Waals surface area contributed by atoms with Crippen LogP contribution in [0.1, 0.15) is 60.5 Å². The molecular weight excluding hydrogens is 457 g/mol. The second-order valence-corrected chi connectivity index (χ2v) is 10.9. The van der Waals surface area contributed by atoms with Gasteiger partial charge in [-0.1, -0.05) is 6.07 Å². The Morgan fingerprint density at radius 2 is 2.08 bits per heavy atom. The topological polar surface area (TPSA) is 68.8 Å². The van der Waals surface area contributed by atoms with Crippen LogP contribution in [0, 0.1) is 5.82 Å². The number of pyridine rings is 1. The number of piperidine rings is 2.